The smallest absolute Gasteiger partial charge is 0.227 e. The van der Waals surface area contributed by atoms with Crippen molar-refractivity contribution < 1.29 is 18.4 Å². The maximum Gasteiger partial charge on any atom is 0.227 e. The lowest BCUT2D eigenvalue weighted by Crippen LogP contribution is -2.48. The third kappa shape index (κ3) is 5.31. The Kier molecular flexibility index (Phi) is 6.80. The molecule has 1 aliphatic rings. The first-order valence-electron chi connectivity index (χ1n) is 10.7. The highest BCUT2D eigenvalue weighted by atomic mass is 19.1. The van der Waals surface area contributed by atoms with Crippen molar-refractivity contribution in [2.75, 3.05) is 33.3 Å². The van der Waals surface area contributed by atoms with Crippen molar-refractivity contribution in [3.63, 3.8) is 0 Å². The molecular weight excluding hydrogens is 411 g/mol. The van der Waals surface area contributed by atoms with E-state index in [9.17, 15) is 9.18 Å². The number of methoxy groups -OCH3 is 1. The molecule has 1 aliphatic heterocycles. The molecule has 3 aromatic rings. The second-order valence-electron chi connectivity index (χ2n) is 8.00. The van der Waals surface area contributed by atoms with Crippen LogP contribution < -0.4 is 4.74 Å². The summed E-state index contributed by atoms with van der Waals surface area (Å²) >= 11 is 0. The summed E-state index contributed by atoms with van der Waals surface area (Å²) in [7, 11) is 1.45. The third-order valence-corrected chi connectivity index (χ3v) is 5.68. The summed E-state index contributed by atoms with van der Waals surface area (Å²) in [6.45, 7) is 5.46. The quantitative estimate of drug-likeness (QED) is 0.563. The predicted octanol–water partition coefficient (Wildman–Crippen LogP) is 3.47. The van der Waals surface area contributed by atoms with Crippen LogP contribution >= 0.6 is 0 Å². The van der Waals surface area contributed by atoms with Gasteiger partial charge in [-0.1, -0.05) is 41.1 Å². The van der Waals surface area contributed by atoms with Gasteiger partial charge in [0.15, 0.2) is 11.6 Å². The highest BCUT2D eigenvalue weighted by molar-refractivity contribution is 5.76. The number of carbonyl (C=O) groups excluding carboxylic acids is 1. The minimum absolute atomic E-state index is 0.0789. The van der Waals surface area contributed by atoms with Gasteiger partial charge in [0.05, 0.1) is 7.11 Å². The van der Waals surface area contributed by atoms with E-state index in [0.717, 1.165) is 24.2 Å². The highest BCUT2D eigenvalue weighted by Gasteiger charge is 2.22. The van der Waals surface area contributed by atoms with Crippen molar-refractivity contribution >= 4 is 5.91 Å². The largest absolute Gasteiger partial charge is 0.494 e. The highest BCUT2D eigenvalue weighted by Crippen LogP contribution is 2.20. The fourth-order valence-corrected chi connectivity index (χ4v) is 3.77. The zero-order chi connectivity index (χ0) is 22.5. The molecule has 0 aliphatic carbocycles. The first-order chi connectivity index (χ1) is 15.5. The van der Waals surface area contributed by atoms with Gasteiger partial charge in [-0.05, 0) is 24.6 Å². The van der Waals surface area contributed by atoms with Crippen molar-refractivity contribution in [3.8, 4) is 17.1 Å². The van der Waals surface area contributed by atoms with Crippen molar-refractivity contribution in [1.29, 1.82) is 0 Å². The Morgan fingerprint density at radius 2 is 1.88 bits per heavy atom. The van der Waals surface area contributed by atoms with E-state index in [4.69, 9.17) is 9.26 Å². The molecule has 1 amide bonds. The van der Waals surface area contributed by atoms with Crippen molar-refractivity contribution in [3.05, 3.63) is 65.3 Å². The Balaban J connectivity index is 1.23. The van der Waals surface area contributed by atoms with Crippen LogP contribution in [0.2, 0.25) is 0 Å². The molecule has 32 heavy (non-hydrogen) atoms. The number of aromatic nitrogens is 2. The Hall–Kier alpha value is -3.26. The molecule has 0 atom stereocenters. The fraction of sp³-hybridized carbons (Fsp3) is 0.375. The number of piperazine rings is 1. The fourth-order valence-electron chi connectivity index (χ4n) is 3.77. The lowest BCUT2D eigenvalue weighted by Gasteiger charge is -2.34. The number of amides is 1. The Bertz CT molecular complexity index is 1060. The Labute approximate surface area is 186 Å². The van der Waals surface area contributed by atoms with E-state index in [0.29, 0.717) is 44.2 Å². The van der Waals surface area contributed by atoms with E-state index in [1.807, 2.05) is 42.2 Å². The molecule has 2 aromatic carbocycles. The van der Waals surface area contributed by atoms with Crippen LogP contribution in [-0.4, -0.2) is 59.1 Å². The molecule has 0 radical (unpaired) electrons. The van der Waals surface area contributed by atoms with Crippen LogP contribution in [0.4, 0.5) is 4.39 Å². The van der Waals surface area contributed by atoms with Crippen LogP contribution in [0.1, 0.15) is 23.4 Å². The summed E-state index contributed by atoms with van der Waals surface area (Å²) in [5.41, 5.74) is 2.95. The van der Waals surface area contributed by atoms with E-state index in [2.05, 4.69) is 15.0 Å². The zero-order valence-corrected chi connectivity index (χ0v) is 18.4. The topological polar surface area (TPSA) is 71.7 Å². The molecule has 1 saturated heterocycles. The maximum absolute atomic E-state index is 13.9. The molecular formula is C24H27FN4O3. The van der Waals surface area contributed by atoms with Gasteiger partial charge in [0.25, 0.3) is 0 Å². The number of carbonyl (C=O) groups is 1. The molecule has 1 aromatic heterocycles. The van der Waals surface area contributed by atoms with Gasteiger partial charge in [0.2, 0.25) is 17.6 Å². The first-order valence-corrected chi connectivity index (χ1v) is 10.7. The van der Waals surface area contributed by atoms with E-state index in [-0.39, 0.29) is 17.5 Å². The number of rotatable bonds is 7. The number of ether oxygens (including phenoxy) is 1. The molecule has 2 heterocycles. The molecule has 1 fully saturated rings. The van der Waals surface area contributed by atoms with Gasteiger partial charge in [0, 0.05) is 51.1 Å². The van der Waals surface area contributed by atoms with Crippen LogP contribution in [0.25, 0.3) is 11.4 Å². The van der Waals surface area contributed by atoms with E-state index in [1.54, 1.807) is 6.07 Å². The zero-order valence-electron chi connectivity index (χ0n) is 18.4. The van der Waals surface area contributed by atoms with Crippen LogP contribution in [0.3, 0.4) is 0 Å². The monoisotopic (exact) mass is 438 g/mol. The molecule has 4 rings (SSSR count). The lowest BCUT2D eigenvalue weighted by atomic mass is 10.1. The summed E-state index contributed by atoms with van der Waals surface area (Å²) < 4.78 is 24.2. The molecule has 0 spiro atoms. The van der Waals surface area contributed by atoms with Crippen LogP contribution in [0, 0.1) is 12.7 Å². The number of nitrogens with zero attached hydrogens (tertiary/aromatic N) is 4. The van der Waals surface area contributed by atoms with Crippen LogP contribution in [-0.2, 0) is 17.8 Å². The molecule has 0 N–H and O–H groups in total. The third-order valence-electron chi connectivity index (χ3n) is 5.68. The van der Waals surface area contributed by atoms with Gasteiger partial charge >= 0.3 is 0 Å². The van der Waals surface area contributed by atoms with E-state index < -0.39 is 0 Å². The SMILES string of the molecule is COc1ccc(CN2CCN(C(=O)CCc3nc(-c4ccc(C)cc4)no3)CC2)cc1F. The number of hydrogen-bond acceptors (Lipinski definition) is 6. The Morgan fingerprint density at radius 1 is 1.12 bits per heavy atom. The van der Waals surface area contributed by atoms with E-state index >= 15 is 0 Å². The summed E-state index contributed by atoms with van der Waals surface area (Å²) in [5, 5.41) is 4.02. The van der Waals surface area contributed by atoms with Gasteiger partial charge in [-0.25, -0.2) is 4.39 Å². The number of benzene rings is 2. The maximum atomic E-state index is 13.9. The second kappa shape index (κ2) is 9.91. The predicted molar refractivity (Wildman–Crippen MR) is 118 cm³/mol. The van der Waals surface area contributed by atoms with Crippen LogP contribution in [0.15, 0.2) is 47.0 Å². The van der Waals surface area contributed by atoms with Crippen molar-refractivity contribution in [2.24, 2.45) is 0 Å². The molecule has 0 saturated carbocycles. The normalized spacial score (nSPS) is 14.5. The molecule has 7 nitrogen and oxygen atoms in total. The average Bonchev–Trinajstić information content (AvgIpc) is 3.28. The molecule has 0 bridgehead atoms. The summed E-state index contributed by atoms with van der Waals surface area (Å²) in [6.07, 6.45) is 0.752. The molecule has 168 valence electrons. The minimum atomic E-state index is -0.356. The standard InChI is InChI=1S/C24H27FN4O3/c1-17-3-6-19(7-4-17)24-26-22(32-27-24)9-10-23(30)29-13-11-28(12-14-29)16-18-5-8-21(31-2)20(25)15-18/h3-8,15H,9-14,16H2,1-2H3. The summed E-state index contributed by atoms with van der Waals surface area (Å²) in [5.74, 6) is 0.974. The van der Waals surface area contributed by atoms with Crippen molar-refractivity contribution in [1.82, 2.24) is 19.9 Å². The molecule has 0 unspecified atom stereocenters. The summed E-state index contributed by atoms with van der Waals surface area (Å²) in [6, 6.07) is 12.9. The number of halogens is 1. The van der Waals surface area contributed by atoms with Gasteiger partial charge in [-0.2, -0.15) is 4.98 Å². The van der Waals surface area contributed by atoms with Gasteiger partial charge in [0.1, 0.15) is 0 Å². The number of hydrogen-bond donors (Lipinski definition) is 0. The molecule has 8 heteroatoms. The van der Waals surface area contributed by atoms with Gasteiger partial charge < -0.3 is 14.2 Å². The van der Waals surface area contributed by atoms with Crippen LogP contribution in [0.5, 0.6) is 5.75 Å². The second-order valence-corrected chi connectivity index (χ2v) is 8.00. The average molecular weight is 439 g/mol. The van der Waals surface area contributed by atoms with Gasteiger partial charge in [-0.15, -0.1) is 0 Å². The number of aryl methyl sites for hydroxylation is 2. The van der Waals surface area contributed by atoms with E-state index in [1.165, 1.54) is 18.7 Å². The first kappa shape index (κ1) is 22.0. The van der Waals surface area contributed by atoms with Gasteiger partial charge in [-0.3, -0.25) is 9.69 Å². The van der Waals surface area contributed by atoms with Crippen molar-refractivity contribution in [2.45, 2.75) is 26.3 Å². The Morgan fingerprint density at radius 3 is 2.56 bits per heavy atom. The minimum Gasteiger partial charge on any atom is -0.494 e. The lowest BCUT2D eigenvalue weighted by molar-refractivity contribution is -0.133. The summed E-state index contributed by atoms with van der Waals surface area (Å²) in [4.78, 5) is 21.1.